The Hall–Kier alpha value is -3.06. The van der Waals surface area contributed by atoms with Gasteiger partial charge in [-0.2, -0.15) is 0 Å². The highest BCUT2D eigenvalue weighted by Crippen LogP contribution is 2.26. The first kappa shape index (κ1) is 61.1. The largest absolute Gasteiger partial charge is 0.462 e. The highest BCUT2D eigenvalue weighted by atomic mass is 16.7. The standard InChI is InChI=1S/C53H88O15/c1-3-5-7-9-11-13-15-17-18-19-20-21-22-24-25-27-29-31-33-35-44(55)63-38-41(66-45(56)36-34-32-30-28-26-23-16-14-12-10-8-6-4-2)39-64-52-51(62)49(60)47(58)43(68-52)40-65-53-50(61)48(59)46(57)42(37-54)67-53/h5,7,11,13,17-18,20-21,24-25,29,31,41-43,46-54,57-62H,3-4,6,8-10,12,14-16,19,22-23,26-28,30,32-40H2,1-2H3/b7-5+,13-11+,18-17+,21-20+,25-24+,31-29+/t41-,42+,43+,46-,47-,48?,49?,50?,51?,52+,53+/m0/s1. The number of rotatable bonds is 38. The highest BCUT2D eigenvalue weighted by molar-refractivity contribution is 5.70. The maximum absolute atomic E-state index is 13.0. The first-order valence-electron chi connectivity index (χ1n) is 25.5. The number of aliphatic hydroxyl groups excluding tert-OH is 7. The van der Waals surface area contributed by atoms with E-state index in [1.54, 1.807) is 0 Å². The molecule has 4 unspecified atom stereocenters. The third-order valence-corrected chi connectivity index (χ3v) is 11.7. The lowest BCUT2D eigenvalue weighted by Crippen LogP contribution is -2.61. The fraction of sp³-hybridized carbons (Fsp3) is 0.736. The molecule has 11 atom stereocenters. The molecule has 2 aliphatic heterocycles. The fourth-order valence-corrected chi connectivity index (χ4v) is 7.54. The van der Waals surface area contributed by atoms with Gasteiger partial charge in [0.25, 0.3) is 0 Å². The van der Waals surface area contributed by atoms with Gasteiger partial charge in [0.2, 0.25) is 0 Å². The Bertz CT molecular complexity index is 1460. The Balaban J connectivity index is 1.84. The number of unbranched alkanes of at least 4 members (excludes halogenated alkanes) is 12. The van der Waals surface area contributed by atoms with Gasteiger partial charge < -0.3 is 64.2 Å². The van der Waals surface area contributed by atoms with E-state index < -0.39 is 99.3 Å². The zero-order valence-electron chi connectivity index (χ0n) is 41.1. The lowest BCUT2D eigenvalue weighted by Gasteiger charge is -2.42. The number of ether oxygens (including phenoxy) is 6. The Morgan fingerprint density at radius 3 is 1.43 bits per heavy atom. The number of esters is 2. The van der Waals surface area contributed by atoms with E-state index in [0.717, 1.165) is 57.8 Å². The SMILES string of the molecule is CC/C=C/C/C=C/C/C=C/C/C=C/C/C=C/C/C=C/CCC(=O)OC[C@@H](CO[C@@H]1O[C@H](CO[C@@H]2O[C@H](CO)[C@H](O)C(O)C2O)[C@H](O)C(O)C1O)OC(=O)CCCCCCCCCCCCCCC. The number of carbonyl (C=O) groups is 2. The van der Waals surface area contributed by atoms with Crippen LogP contribution in [0, 0.1) is 0 Å². The number of aliphatic hydroxyl groups is 7. The van der Waals surface area contributed by atoms with Gasteiger partial charge in [-0.25, -0.2) is 0 Å². The number of carbonyl (C=O) groups excluding carboxylic acids is 2. The molecule has 0 aromatic rings. The summed E-state index contributed by atoms with van der Waals surface area (Å²) in [7, 11) is 0. The van der Waals surface area contributed by atoms with Crippen molar-refractivity contribution in [1.82, 2.24) is 0 Å². The van der Waals surface area contributed by atoms with Gasteiger partial charge in [0, 0.05) is 12.8 Å². The maximum atomic E-state index is 13.0. The molecule has 15 heteroatoms. The summed E-state index contributed by atoms with van der Waals surface area (Å²) in [5.41, 5.74) is 0. The third-order valence-electron chi connectivity index (χ3n) is 11.7. The molecule has 0 spiro atoms. The van der Waals surface area contributed by atoms with Crippen molar-refractivity contribution in [3.8, 4) is 0 Å². The zero-order chi connectivity index (χ0) is 49.6. The van der Waals surface area contributed by atoms with Gasteiger partial charge in [-0.15, -0.1) is 0 Å². The van der Waals surface area contributed by atoms with Crippen LogP contribution < -0.4 is 0 Å². The second-order valence-corrected chi connectivity index (χ2v) is 17.6. The van der Waals surface area contributed by atoms with Crippen molar-refractivity contribution in [1.29, 1.82) is 0 Å². The summed E-state index contributed by atoms with van der Waals surface area (Å²) in [4.78, 5) is 25.7. The molecule has 7 N–H and O–H groups in total. The van der Waals surface area contributed by atoms with E-state index in [2.05, 4.69) is 74.6 Å². The van der Waals surface area contributed by atoms with E-state index in [4.69, 9.17) is 28.4 Å². The molecule has 0 bridgehead atoms. The van der Waals surface area contributed by atoms with Crippen LogP contribution in [0.5, 0.6) is 0 Å². The molecule has 0 aliphatic carbocycles. The molecular formula is C53H88O15. The molecule has 15 nitrogen and oxygen atoms in total. The molecule has 0 aromatic heterocycles. The maximum Gasteiger partial charge on any atom is 0.306 e. The predicted molar refractivity (Wildman–Crippen MR) is 261 cm³/mol. The summed E-state index contributed by atoms with van der Waals surface area (Å²) in [6.45, 7) is 2.38. The monoisotopic (exact) mass is 965 g/mol. The van der Waals surface area contributed by atoms with Crippen LogP contribution in [0.4, 0.5) is 0 Å². The predicted octanol–water partition coefficient (Wildman–Crippen LogP) is 7.04. The first-order chi connectivity index (χ1) is 33.0. The molecule has 390 valence electrons. The summed E-state index contributed by atoms with van der Waals surface area (Å²) >= 11 is 0. The molecule has 0 radical (unpaired) electrons. The first-order valence-corrected chi connectivity index (χ1v) is 25.5. The smallest absolute Gasteiger partial charge is 0.306 e. The van der Waals surface area contributed by atoms with E-state index in [-0.39, 0.29) is 19.4 Å². The van der Waals surface area contributed by atoms with Crippen molar-refractivity contribution in [2.24, 2.45) is 0 Å². The minimum absolute atomic E-state index is 0.0906. The molecule has 2 saturated heterocycles. The van der Waals surface area contributed by atoms with E-state index in [9.17, 15) is 45.3 Å². The Kier molecular flexibility index (Phi) is 35.6. The topological polar surface area (TPSA) is 231 Å². The average molecular weight is 965 g/mol. The molecule has 2 heterocycles. The number of allylic oxidation sites excluding steroid dienone is 12. The molecule has 0 saturated carbocycles. The van der Waals surface area contributed by atoms with E-state index in [0.29, 0.717) is 12.8 Å². The van der Waals surface area contributed by atoms with E-state index in [1.807, 2.05) is 12.2 Å². The van der Waals surface area contributed by atoms with Crippen molar-refractivity contribution in [3.05, 3.63) is 72.9 Å². The number of hydrogen-bond donors (Lipinski definition) is 7. The molecule has 0 amide bonds. The minimum Gasteiger partial charge on any atom is -0.462 e. The Morgan fingerprint density at radius 1 is 0.485 bits per heavy atom. The molecule has 2 fully saturated rings. The van der Waals surface area contributed by atoms with E-state index in [1.165, 1.54) is 57.8 Å². The van der Waals surface area contributed by atoms with E-state index >= 15 is 0 Å². The highest BCUT2D eigenvalue weighted by Gasteiger charge is 2.47. The molecular weight excluding hydrogens is 877 g/mol. The van der Waals surface area contributed by atoms with Crippen molar-refractivity contribution < 1.29 is 73.8 Å². The van der Waals surface area contributed by atoms with Crippen molar-refractivity contribution in [2.75, 3.05) is 26.4 Å². The van der Waals surface area contributed by atoms with Crippen LogP contribution in [0.1, 0.15) is 155 Å². The lowest BCUT2D eigenvalue weighted by molar-refractivity contribution is -0.332. The summed E-state index contributed by atoms with van der Waals surface area (Å²) in [5.74, 6) is -1.03. The minimum atomic E-state index is -1.78. The van der Waals surface area contributed by atoms with Gasteiger partial charge >= 0.3 is 11.9 Å². The van der Waals surface area contributed by atoms with Gasteiger partial charge in [-0.1, -0.05) is 164 Å². The second kappa shape index (κ2) is 39.6. The van der Waals surface area contributed by atoms with Gasteiger partial charge in [0.15, 0.2) is 18.7 Å². The Labute approximate surface area is 406 Å². The normalized spacial score (nSPS) is 26.4. The molecule has 0 aromatic carbocycles. The van der Waals surface area contributed by atoms with Crippen molar-refractivity contribution >= 4 is 11.9 Å². The van der Waals surface area contributed by atoms with Gasteiger partial charge in [-0.05, 0) is 51.4 Å². The van der Waals surface area contributed by atoms with Crippen molar-refractivity contribution in [3.63, 3.8) is 0 Å². The van der Waals surface area contributed by atoms with Crippen LogP contribution in [-0.2, 0) is 38.0 Å². The van der Waals surface area contributed by atoms with Crippen LogP contribution in [-0.4, -0.2) is 142 Å². The molecule has 2 aliphatic rings. The average Bonchev–Trinajstić information content (AvgIpc) is 3.33. The van der Waals surface area contributed by atoms with Gasteiger partial charge in [0.1, 0.15) is 55.4 Å². The summed E-state index contributed by atoms with van der Waals surface area (Å²) in [6.07, 6.45) is 29.4. The number of hydrogen-bond acceptors (Lipinski definition) is 15. The quantitative estimate of drug-likeness (QED) is 0.0187. The molecule has 68 heavy (non-hydrogen) atoms. The van der Waals surface area contributed by atoms with Crippen LogP contribution in [0.3, 0.4) is 0 Å². The van der Waals surface area contributed by atoms with Crippen LogP contribution in [0.2, 0.25) is 0 Å². The molecule has 2 rings (SSSR count). The second-order valence-electron chi connectivity index (χ2n) is 17.6. The third kappa shape index (κ3) is 27.4. The Morgan fingerprint density at radius 2 is 0.926 bits per heavy atom. The summed E-state index contributed by atoms with van der Waals surface area (Å²) < 4.78 is 33.5. The van der Waals surface area contributed by atoms with Gasteiger partial charge in [-0.3, -0.25) is 9.59 Å². The van der Waals surface area contributed by atoms with Crippen molar-refractivity contribution in [2.45, 2.75) is 223 Å². The van der Waals surface area contributed by atoms with Crippen LogP contribution in [0.25, 0.3) is 0 Å². The van der Waals surface area contributed by atoms with Gasteiger partial charge in [0.05, 0.1) is 19.8 Å². The summed E-state index contributed by atoms with van der Waals surface area (Å²) in [5, 5.41) is 72.0. The fourth-order valence-electron chi connectivity index (χ4n) is 7.54. The summed E-state index contributed by atoms with van der Waals surface area (Å²) in [6, 6.07) is 0. The zero-order valence-corrected chi connectivity index (χ0v) is 41.1. The van der Waals surface area contributed by atoms with Crippen LogP contribution in [0.15, 0.2) is 72.9 Å². The van der Waals surface area contributed by atoms with Crippen LogP contribution >= 0.6 is 0 Å². The lowest BCUT2D eigenvalue weighted by atomic mass is 9.98.